The summed E-state index contributed by atoms with van der Waals surface area (Å²) in [5, 5.41) is 23.2. The van der Waals surface area contributed by atoms with Crippen LogP contribution in [-0.2, 0) is 25.6 Å². The second-order valence-corrected chi connectivity index (χ2v) is 13.7. The Labute approximate surface area is 294 Å². The minimum Gasteiger partial charge on any atom is -0.481 e. The zero-order chi connectivity index (χ0) is 36.6. The van der Waals surface area contributed by atoms with Gasteiger partial charge in [0.1, 0.15) is 12.1 Å². The van der Waals surface area contributed by atoms with E-state index in [2.05, 4.69) is 26.6 Å². The van der Waals surface area contributed by atoms with Crippen molar-refractivity contribution in [3.8, 4) is 0 Å². The fourth-order valence-electron chi connectivity index (χ4n) is 6.30. The minimum atomic E-state index is -0.897. The Hall–Kier alpha value is -4.40. The van der Waals surface area contributed by atoms with Crippen molar-refractivity contribution in [3.63, 3.8) is 0 Å². The van der Waals surface area contributed by atoms with Crippen molar-refractivity contribution >= 4 is 35.8 Å². The molecule has 2 fully saturated rings. The monoisotopic (exact) mass is 700 g/mol. The smallest absolute Gasteiger partial charge is 0.317 e. The lowest BCUT2D eigenvalue weighted by atomic mass is 9.97. The first-order chi connectivity index (χ1) is 23.9. The molecule has 7 amide bonds. The van der Waals surface area contributed by atoms with Crippen LogP contribution in [0.3, 0.4) is 0 Å². The first-order valence-electron chi connectivity index (χ1n) is 17.8. The largest absolute Gasteiger partial charge is 0.481 e. The second-order valence-electron chi connectivity index (χ2n) is 13.7. The van der Waals surface area contributed by atoms with Gasteiger partial charge in [-0.2, -0.15) is 0 Å². The molecule has 1 aromatic rings. The molecule has 3 unspecified atom stereocenters. The summed E-state index contributed by atoms with van der Waals surface area (Å²) in [4.78, 5) is 79.6. The van der Waals surface area contributed by atoms with Crippen LogP contribution in [0.25, 0.3) is 0 Å². The second kappa shape index (κ2) is 20.3. The number of likely N-dealkylation sites (tertiary alicyclic amines) is 2. The van der Waals surface area contributed by atoms with Gasteiger partial charge >= 0.3 is 18.0 Å². The molecule has 2 heterocycles. The highest BCUT2D eigenvalue weighted by molar-refractivity contribution is 5.93. The Balaban J connectivity index is 1.61. The molecule has 15 heteroatoms. The highest BCUT2D eigenvalue weighted by Crippen LogP contribution is 2.18. The number of nitrogens with one attached hydrogen (secondary N) is 5. The number of nitrogens with zero attached hydrogens (tertiary/aromatic N) is 2. The van der Waals surface area contributed by atoms with Crippen molar-refractivity contribution in [2.24, 2.45) is 17.6 Å². The third-order valence-electron chi connectivity index (χ3n) is 9.29. The maximum atomic E-state index is 13.8. The van der Waals surface area contributed by atoms with Crippen LogP contribution in [0, 0.1) is 11.8 Å². The maximum absolute atomic E-state index is 13.8. The van der Waals surface area contributed by atoms with Crippen LogP contribution in [0.15, 0.2) is 30.3 Å². The Morgan fingerprint density at radius 3 is 2.08 bits per heavy atom. The Bertz CT molecular complexity index is 1280. The van der Waals surface area contributed by atoms with E-state index in [1.807, 2.05) is 44.2 Å². The van der Waals surface area contributed by atoms with Crippen molar-refractivity contribution in [1.82, 2.24) is 36.4 Å². The fourth-order valence-corrected chi connectivity index (χ4v) is 6.30. The molecule has 0 aromatic heterocycles. The summed E-state index contributed by atoms with van der Waals surface area (Å²) in [7, 11) is 1.54. The number of hydrogen-bond donors (Lipinski definition) is 7. The normalized spacial score (nSPS) is 17.3. The van der Waals surface area contributed by atoms with E-state index in [0.717, 1.165) is 5.56 Å². The lowest BCUT2D eigenvalue weighted by Gasteiger charge is -2.35. The van der Waals surface area contributed by atoms with Gasteiger partial charge in [0.15, 0.2) is 0 Å². The molecule has 0 aliphatic carbocycles. The number of urea groups is 2. The summed E-state index contributed by atoms with van der Waals surface area (Å²) >= 11 is 0. The van der Waals surface area contributed by atoms with Gasteiger partial charge in [-0.3, -0.25) is 19.2 Å². The number of nitrogens with two attached hydrogens (primary N) is 1. The van der Waals surface area contributed by atoms with Gasteiger partial charge in [0.25, 0.3) is 0 Å². The van der Waals surface area contributed by atoms with Crippen LogP contribution in [0.5, 0.6) is 0 Å². The van der Waals surface area contributed by atoms with Crippen LogP contribution in [0.2, 0.25) is 0 Å². The van der Waals surface area contributed by atoms with E-state index in [4.69, 9.17) is 5.73 Å². The molecule has 1 aromatic carbocycles. The number of carbonyl (C=O) groups is 6. The number of piperidine rings is 2. The molecule has 0 bridgehead atoms. The number of hydrogen-bond acceptors (Lipinski definition) is 7. The van der Waals surface area contributed by atoms with Crippen LogP contribution in [-0.4, -0.2) is 115 Å². The molecule has 3 rings (SSSR count). The van der Waals surface area contributed by atoms with Crippen molar-refractivity contribution < 1.29 is 33.9 Å². The Morgan fingerprint density at radius 1 is 0.860 bits per heavy atom. The van der Waals surface area contributed by atoms with E-state index in [9.17, 15) is 33.9 Å². The molecule has 8 N–H and O–H groups in total. The molecule has 3 atom stereocenters. The summed E-state index contributed by atoms with van der Waals surface area (Å²) < 4.78 is 0. The highest BCUT2D eigenvalue weighted by Gasteiger charge is 2.33. The third-order valence-corrected chi connectivity index (χ3v) is 9.29. The molecule has 50 heavy (non-hydrogen) atoms. The maximum Gasteiger partial charge on any atom is 0.317 e. The predicted molar refractivity (Wildman–Crippen MR) is 188 cm³/mol. The molecule has 2 aliphatic rings. The third kappa shape index (κ3) is 13.1. The molecular formula is C35H56N8O7. The number of carboxylic acids is 1. The molecule has 278 valence electrons. The van der Waals surface area contributed by atoms with Crippen molar-refractivity contribution in [2.75, 3.05) is 39.8 Å². The van der Waals surface area contributed by atoms with Crippen LogP contribution in [0.1, 0.15) is 70.8 Å². The van der Waals surface area contributed by atoms with Crippen LogP contribution >= 0.6 is 0 Å². The first-order valence-corrected chi connectivity index (χ1v) is 17.8. The summed E-state index contributed by atoms with van der Waals surface area (Å²) in [5.41, 5.74) is 7.12. The molecular weight excluding hydrogens is 644 g/mol. The van der Waals surface area contributed by atoms with E-state index in [1.54, 1.807) is 16.8 Å². The van der Waals surface area contributed by atoms with E-state index < -0.39 is 41.8 Å². The number of unbranched alkanes of at least 4 members (excludes halogenated alkanes) is 1. The van der Waals surface area contributed by atoms with E-state index in [-0.39, 0.29) is 29.9 Å². The lowest BCUT2D eigenvalue weighted by Crippen LogP contribution is -2.58. The quantitative estimate of drug-likeness (QED) is 0.124. The van der Waals surface area contributed by atoms with Gasteiger partial charge in [-0.15, -0.1) is 0 Å². The number of aliphatic carboxylic acids is 1. The number of benzene rings is 1. The van der Waals surface area contributed by atoms with Gasteiger partial charge in [0.05, 0.1) is 12.0 Å². The zero-order valence-electron chi connectivity index (χ0n) is 29.6. The van der Waals surface area contributed by atoms with Gasteiger partial charge in [0, 0.05) is 45.8 Å². The standard InChI is InChI=1S/C35H56N8O7/c1-23(2)21-29(41-30(44)27(36)22-24-9-5-4-6-10-24)31(45)40-28(32(46)42-19-14-26(15-20-42)39-34(49)37-3)11-7-8-16-38-35(50)43-17-12-25(13-18-43)33(47)48/h4-6,9-10,23,25-29H,7-8,11-22,36H2,1-3H3,(H,38,50)(H,40,45)(H,41,44)(H,47,48)(H2,37,39,49). The number of carboxylic acid groups (broad SMARTS) is 1. The van der Waals surface area contributed by atoms with Gasteiger partial charge < -0.3 is 47.2 Å². The zero-order valence-corrected chi connectivity index (χ0v) is 29.6. The van der Waals surface area contributed by atoms with Crippen LogP contribution in [0.4, 0.5) is 9.59 Å². The number of rotatable bonds is 16. The van der Waals surface area contributed by atoms with E-state index in [1.165, 1.54) is 0 Å². The van der Waals surface area contributed by atoms with Gasteiger partial charge in [-0.05, 0) is 69.3 Å². The molecule has 0 saturated carbocycles. The SMILES string of the molecule is CNC(=O)NC1CCN(C(=O)C(CCCCNC(=O)N2CCC(C(=O)O)CC2)NC(=O)C(CC(C)C)NC(=O)C(N)Cc2ccccc2)CC1. The Morgan fingerprint density at radius 2 is 1.48 bits per heavy atom. The average molecular weight is 701 g/mol. The van der Waals surface area contributed by atoms with Crippen molar-refractivity contribution in [3.05, 3.63) is 35.9 Å². The molecule has 15 nitrogen and oxygen atoms in total. The number of carbonyl (C=O) groups excluding carboxylic acids is 5. The van der Waals surface area contributed by atoms with E-state index in [0.29, 0.717) is 90.5 Å². The molecule has 0 spiro atoms. The fraction of sp³-hybridized carbons (Fsp3) is 0.657. The first kappa shape index (κ1) is 40.0. The minimum absolute atomic E-state index is 0.0657. The van der Waals surface area contributed by atoms with Gasteiger partial charge in [-0.25, -0.2) is 9.59 Å². The molecule has 2 aliphatic heterocycles. The molecule has 2 saturated heterocycles. The van der Waals surface area contributed by atoms with Crippen molar-refractivity contribution in [1.29, 1.82) is 0 Å². The Kier molecular flexibility index (Phi) is 16.3. The molecule has 0 radical (unpaired) electrons. The van der Waals surface area contributed by atoms with Gasteiger partial charge in [0.2, 0.25) is 17.7 Å². The lowest BCUT2D eigenvalue weighted by molar-refractivity contribution is -0.143. The van der Waals surface area contributed by atoms with Crippen LogP contribution < -0.4 is 32.3 Å². The topological polar surface area (TPSA) is 215 Å². The predicted octanol–water partition coefficient (Wildman–Crippen LogP) is 1.17. The van der Waals surface area contributed by atoms with E-state index >= 15 is 0 Å². The number of amides is 7. The summed E-state index contributed by atoms with van der Waals surface area (Å²) in [6.07, 6.45) is 4.03. The highest BCUT2D eigenvalue weighted by atomic mass is 16.4. The summed E-state index contributed by atoms with van der Waals surface area (Å²) in [6, 6.07) is 6.17. The summed E-state index contributed by atoms with van der Waals surface area (Å²) in [6.45, 7) is 5.83. The average Bonchev–Trinajstić information content (AvgIpc) is 3.10. The summed E-state index contributed by atoms with van der Waals surface area (Å²) in [5.74, 6) is -2.36. The van der Waals surface area contributed by atoms with Crippen molar-refractivity contribution in [2.45, 2.75) is 95.8 Å². The van der Waals surface area contributed by atoms with Gasteiger partial charge in [-0.1, -0.05) is 44.2 Å².